The van der Waals surface area contributed by atoms with E-state index in [-0.39, 0.29) is 6.10 Å². The molecule has 4 N–H and O–H groups in total. The van der Waals surface area contributed by atoms with Crippen LogP contribution in [0.15, 0.2) is 12.5 Å². The van der Waals surface area contributed by atoms with E-state index in [2.05, 4.69) is 15.3 Å². The number of rotatable bonds is 5. The van der Waals surface area contributed by atoms with Crippen LogP contribution < -0.4 is 11.1 Å². The SMILES string of the molecule is CCC(O)CCNc1ncncc1N. The van der Waals surface area contributed by atoms with E-state index in [1.807, 2.05) is 6.92 Å². The van der Waals surface area contributed by atoms with E-state index in [0.717, 1.165) is 6.42 Å². The smallest absolute Gasteiger partial charge is 0.152 e. The molecule has 5 nitrogen and oxygen atoms in total. The Labute approximate surface area is 83.4 Å². The van der Waals surface area contributed by atoms with Crippen LogP contribution in [0.2, 0.25) is 0 Å². The summed E-state index contributed by atoms with van der Waals surface area (Å²) in [4.78, 5) is 7.75. The molecule has 0 aliphatic carbocycles. The molecule has 0 aromatic carbocycles. The third-order valence-corrected chi connectivity index (χ3v) is 1.98. The fourth-order valence-corrected chi connectivity index (χ4v) is 1.05. The summed E-state index contributed by atoms with van der Waals surface area (Å²) < 4.78 is 0. The summed E-state index contributed by atoms with van der Waals surface area (Å²) in [5.74, 6) is 0.628. The number of aromatic nitrogens is 2. The zero-order chi connectivity index (χ0) is 10.4. The fraction of sp³-hybridized carbons (Fsp3) is 0.556. The predicted octanol–water partition coefficient (Wildman–Crippen LogP) is 0.632. The second-order valence-corrected chi connectivity index (χ2v) is 3.10. The molecule has 0 spiro atoms. The predicted molar refractivity (Wildman–Crippen MR) is 55.8 cm³/mol. The molecular formula is C9H16N4O. The van der Waals surface area contributed by atoms with E-state index in [1.165, 1.54) is 6.33 Å². The highest BCUT2D eigenvalue weighted by Gasteiger charge is 2.02. The molecule has 0 amide bonds. The minimum atomic E-state index is -0.259. The molecule has 0 bridgehead atoms. The first-order chi connectivity index (χ1) is 6.74. The summed E-state index contributed by atoms with van der Waals surface area (Å²) in [5.41, 5.74) is 6.15. The molecule has 1 unspecified atom stereocenters. The molecule has 0 radical (unpaired) electrons. The van der Waals surface area contributed by atoms with Gasteiger partial charge in [0.25, 0.3) is 0 Å². The van der Waals surface area contributed by atoms with Gasteiger partial charge in [0.05, 0.1) is 18.0 Å². The van der Waals surface area contributed by atoms with Gasteiger partial charge in [-0.3, -0.25) is 0 Å². The van der Waals surface area contributed by atoms with Crippen molar-refractivity contribution in [2.75, 3.05) is 17.6 Å². The van der Waals surface area contributed by atoms with E-state index >= 15 is 0 Å². The number of anilines is 2. The van der Waals surface area contributed by atoms with E-state index in [4.69, 9.17) is 5.73 Å². The first-order valence-corrected chi connectivity index (χ1v) is 4.71. The van der Waals surface area contributed by atoms with Gasteiger partial charge in [-0.05, 0) is 12.8 Å². The minimum Gasteiger partial charge on any atom is -0.394 e. The second-order valence-electron chi connectivity index (χ2n) is 3.10. The Balaban J connectivity index is 2.35. The van der Waals surface area contributed by atoms with E-state index in [0.29, 0.717) is 24.5 Å². The maximum atomic E-state index is 9.30. The van der Waals surface area contributed by atoms with E-state index in [1.54, 1.807) is 6.20 Å². The van der Waals surface area contributed by atoms with Crippen LogP contribution in [-0.4, -0.2) is 27.7 Å². The van der Waals surface area contributed by atoms with Crippen molar-refractivity contribution in [1.82, 2.24) is 9.97 Å². The molecule has 0 aliphatic heterocycles. The summed E-state index contributed by atoms with van der Waals surface area (Å²) in [6.45, 7) is 2.61. The molecule has 0 saturated heterocycles. The Morgan fingerprint density at radius 3 is 3.07 bits per heavy atom. The monoisotopic (exact) mass is 196 g/mol. The van der Waals surface area contributed by atoms with Crippen molar-refractivity contribution in [3.05, 3.63) is 12.5 Å². The van der Waals surface area contributed by atoms with Crippen molar-refractivity contribution in [2.45, 2.75) is 25.9 Å². The molecule has 1 rings (SSSR count). The van der Waals surface area contributed by atoms with Crippen LogP contribution in [0.1, 0.15) is 19.8 Å². The fourth-order valence-electron chi connectivity index (χ4n) is 1.05. The lowest BCUT2D eigenvalue weighted by atomic mass is 10.2. The normalized spacial score (nSPS) is 12.4. The standard InChI is InChI=1S/C9H16N4O/c1-2-7(14)3-4-12-9-8(10)5-11-6-13-9/h5-7,14H,2-4,10H2,1H3,(H,11,12,13). The number of hydrogen-bond acceptors (Lipinski definition) is 5. The van der Waals surface area contributed by atoms with Crippen LogP contribution in [0.4, 0.5) is 11.5 Å². The summed E-state index contributed by atoms with van der Waals surface area (Å²) in [6, 6.07) is 0. The maximum absolute atomic E-state index is 9.30. The molecule has 0 fully saturated rings. The van der Waals surface area contributed by atoms with Crippen molar-refractivity contribution < 1.29 is 5.11 Å². The van der Waals surface area contributed by atoms with Crippen molar-refractivity contribution in [1.29, 1.82) is 0 Å². The number of nitrogens with one attached hydrogen (secondary N) is 1. The van der Waals surface area contributed by atoms with E-state index < -0.39 is 0 Å². The Morgan fingerprint density at radius 1 is 1.64 bits per heavy atom. The van der Waals surface area contributed by atoms with Crippen LogP contribution in [-0.2, 0) is 0 Å². The number of nitrogens with zero attached hydrogens (tertiary/aromatic N) is 2. The third kappa shape index (κ3) is 3.18. The second kappa shape index (κ2) is 5.39. The number of nitrogens with two attached hydrogens (primary N) is 1. The topological polar surface area (TPSA) is 84.1 Å². The molecule has 1 atom stereocenters. The zero-order valence-electron chi connectivity index (χ0n) is 8.27. The van der Waals surface area contributed by atoms with Crippen molar-refractivity contribution in [3.8, 4) is 0 Å². The Kier molecular flexibility index (Phi) is 4.12. The van der Waals surface area contributed by atoms with Gasteiger partial charge in [0.1, 0.15) is 6.33 Å². The Hall–Kier alpha value is -1.36. The van der Waals surface area contributed by atoms with Gasteiger partial charge in [0.15, 0.2) is 5.82 Å². The van der Waals surface area contributed by atoms with Crippen LogP contribution in [0.5, 0.6) is 0 Å². The van der Waals surface area contributed by atoms with Crippen LogP contribution in [0, 0.1) is 0 Å². The molecule has 0 aliphatic rings. The number of nitrogen functional groups attached to an aromatic ring is 1. The number of aliphatic hydroxyl groups excluding tert-OH is 1. The van der Waals surface area contributed by atoms with Gasteiger partial charge in [-0.25, -0.2) is 9.97 Å². The van der Waals surface area contributed by atoms with Gasteiger partial charge < -0.3 is 16.2 Å². The first-order valence-electron chi connectivity index (χ1n) is 4.71. The van der Waals surface area contributed by atoms with Crippen LogP contribution in [0.3, 0.4) is 0 Å². The third-order valence-electron chi connectivity index (χ3n) is 1.98. The zero-order valence-corrected chi connectivity index (χ0v) is 8.27. The average molecular weight is 196 g/mol. The van der Waals surface area contributed by atoms with Gasteiger partial charge in [-0.15, -0.1) is 0 Å². The summed E-state index contributed by atoms with van der Waals surface area (Å²) in [6.07, 6.45) is 4.19. The number of aliphatic hydroxyl groups is 1. The Bertz CT molecular complexity index is 279. The lowest BCUT2D eigenvalue weighted by Crippen LogP contribution is -2.13. The summed E-state index contributed by atoms with van der Waals surface area (Å²) in [7, 11) is 0. The van der Waals surface area contributed by atoms with Gasteiger partial charge in [0, 0.05) is 6.54 Å². The van der Waals surface area contributed by atoms with Crippen molar-refractivity contribution in [2.24, 2.45) is 0 Å². The lowest BCUT2D eigenvalue weighted by molar-refractivity contribution is 0.164. The molecule has 1 heterocycles. The molecular weight excluding hydrogens is 180 g/mol. The van der Waals surface area contributed by atoms with Crippen molar-refractivity contribution in [3.63, 3.8) is 0 Å². The average Bonchev–Trinajstić information content (AvgIpc) is 2.20. The van der Waals surface area contributed by atoms with Gasteiger partial charge in [-0.1, -0.05) is 6.92 Å². The molecule has 78 valence electrons. The first kappa shape index (κ1) is 10.7. The molecule has 5 heteroatoms. The molecule has 14 heavy (non-hydrogen) atoms. The molecule has 0 saturated carbocycles. The largest absolute Gasteiger partial charge is 0.394 e. The summed E-state index contributed by atoms with van der Waals surface area (Å²) in [5, 5.41) is 12.3. The van der Waals surface area contributed by atoms with Gasteiger partial charge >= 0.3 is 0 Å². The minimum absolute atomic E-state index is 0.259. The molecule has 1 aromatic heterocycles. The quantitative estimate of drug-likeness (QED) is 0.643. The van der Waals surface area contributed by atoms with E-state index in [9.17, 15) is 5.11 Å². The molecule has 1 aromatic rings. The lowest BCUT2D eigenvalue weighted by Gasteiger charge is -2.09. The highest BCUT2D eigenvalue weighted by atomic mass is 16.3. The summed E-state index contributed by atoms with van der Waals surface area (Å²) >= 11 is 0. The highest BCUT2D eigenvalue weighted by molar-refractivity contribution is 5.58. The van der Waals surface area contributed by atoms with Crippen LogP contribution >= 0.6 is 0 Å². The van der Waals surface area contributed by atoms with Crippen LogP contribution in [0.25, 0.3) is 0 Å². The number of hydrogen-bond donors (Lipinski definition) is 3. The highest BCUT2D eigenvalue weighted by Crippen LogP contribution is 2.11. The maximum Gasteiger partial charge on any atom is 0.152 e. The Morgan fingerprint density at radius 2 is 2.43 bits per heavy atom. The van der Waals surface area contributed by atoms with Gasteiger partial charge in [-0.2, -0.15) is 0 Å². The van der Waals surface area contributed by atoms with Gasteiger partial charge in [0.2, 0.25) is 0 Å². The van der Waals surface area contributed by atoms with Crippen molar-refractivity contribution >= 4 is 11.5 Å².